The van der Waals surface area contributed by atoms with Crippen molar-refractivity contribution in [3.05, 3.63) is 69.6 Å². The van der Waals surface area contributed by atoms with Gasteiger partial charge in [-0.05, 0) is 62.2 Å². The Hall–Kier alpha value is -3.08. The van der Waals surface area contributed by atoms with Gasteiger partial charge < -0.3 is 14.5 Å². The Labute approximate surface area is 145 Å². The largest absolute Gasteiger partial charge is 0.494 e. The van der Waals surface area contributed by atoms with Crippen LogP contribution in [-0.4, -0.2) is 12.5 Å². The molecule has 0 atom stereocenters. The predicted octanol–water partition coefficient (Wildman–Crippen LogP) is 4.06. The van der Waals surface area contributed by atoms with Crippen LogP contribution < -0.4 is 15.5 Å². The van der Waals surface area contributed by atoms with E-state index >= 15 is 0 Å². The number of fused-ring (bicyclic) bond motifs is 1. The summed E-state index contributed by atoms with van der Waals surface area (Å²) in [6, 6.07) is 11.9. The van der Waals surface area contributed by atoms with Gasteiger partial charge in [0.2, 0.25) is 0 Å². The van der Waals surface area contributed by atoms with Crippen LogP contribution in [0.1, 0.15) is 28.6 Å². The van der Waals surface area contributed by atoms with Crippen molar-refractivity contribution in [1.29, 1.82) is 0 Å². The first-order valence-corrected chi connectivity index (χ1v) is 8.07. The van der Waals surface area contributed by atoms with E-state index in [4.69, 9.17) is 9.15 Å². The van der Waals surface area contributed by atoms with Crippen molar-refractivity contribution >= 4 is 22.6 Å². The maximum Gasteiger partial charge on any atom is 0.291 e. The van der Waals surface area contributed by atoms with Crippen LogP contribution >= 0.6 is 0 Å². The minimum atomic E-state index is -0.469. The average Bonchev–Trinajstić information content (AvgIpc) is 2.57. The van der Waals surface area contributed by atoms with Gasteiger partial charge in [0.05, 0.1) is 12.0 Å². The highest BCUT2D eigenvalue weighted by Gasteiger charge is 2.14. The number of hydrogen-bond acceptors (Lipinski definition) is 4. The highest BCUT2D eigenvalue weighted by Crippen LogP contribution is 2.20. The zero-order chi connectivity index (χ0) is 18.0. The van der Waals surface area contributed by atoms with Crippen molar-refractivity contribution in [2.75, 3.05) is 11.9 Å². The molecule has 0 unspecified atom stereocenters. The van der Waals surface area contributed by atoms with Crippen LogP contribution in [0.5, 0.6) is 5.75 Å². The van der Waals surface area contributed by atoms with Crippen LogP contribution in [0.2, 0.25) is 0 Å². The fraction of sp³-hybridized carbons (Fsp3) is 0.200. The lowest BCUT2D eigenvalue weighted by Gasteiger charge is -2.08. The molecule has 5 nitrogen and oxygen atoms in total. The molecule has 1 amide bonds. The third-order valence-electron chi connectivity index (χ3n) is 3.81. The van der Waals surface area contributed by atoms with Crippen LogP contribution in [-0.2, 0) is 0 Å². The Kier molecular flexibility index (Phi) is 4.57. The molecular formula is C20H19NO4. The van der Waals surface area contributed by atoms with Crippen LogP contribution in [0.25, 0.3) is 11.0 Å². The summed E-state index contributed by atoms with van der Waals surface area (Å²) in [5, 5.41) is 3.20. The maximum atomic E-state index is 12.4. The standard InChI is InChI=1S/C20H19NO4/c1-4-24-15-7-5-14(6-8-15)21-20(23)18-11-17(22)16-10-12(2)9-13(3)19(16)25-18/h5-11H,4H2,1-3H3,(H,21,23). The summed E-state index contributed by atoms with van der Waals surface area (Å²) in [4.78, 5) is 24.7. The zero-order valence-corrected chi connectivity index (χ0v) is 14.4. The summed E-state index contributed by atoms with van der Waals surface area (Å²) in [7, 11) is 0. The van der Waals surface area contributed by atoms with Crippen LogP contribution in [0.3, 0.4) is 0 Å². The molecule has 0 fully saturated rings. The van der Waals surface area contributed by atoms with Gasteiger partial charge in [0.1, 0.15) is 11.3 Å². The second-order valence-corrected chi connectivity index (χ2v) is 5.84. The lowest BCUT2D eigenvalue weighted by molar-refractivity contribution is 0.0997. The fourth-order valence-corrected chi connectivity index (χ4v) is 2.71. The van der Waals surface area contributed by atoms with E-state index < -0.39 is 5.91 Å². The highest BCUT2D eigenvalue weighted by molar-refractivity contribution is 6.03. The average molecular weight is 337 g/mol. The molecule has 0 radical (unpaired) electrons. The lowest BCUT2D eigenvalue weighted by Crippen LogP contribution is -2.15. The molecule has 2 aromatic carbocycles. The van der Waals surface area contributed by atoms with Gasteiger partial charge >= 0.3 is 0 Å². The molecule has 0 spiro atoms. The first-order valence-electron chi connectivity index (χ1n) is 8.07. The molecule has 25 heavy (non-hydrogen) atoms. The molecule has 5 heteroatoms. The topological polar surface area (TPSA) is 68.5 Å². The van der Waals surface area contributed by atoms with E-state index in [9.17, 15) is 9.59 Å². The molecule has 3 rings (SSSR count). The number of benzene rings is 2. The molecule has 1 heterocycles. The molecule has 0 saturated heterocycles. The predicted molar refractivity (Wildman–Crippen MR) is 97.5 cm³/mol. The summed E-state index contributed by atoms with van der Waals surface area (Å²) < 4.78 is 11.1. The third kappa shape index (κ3) is 3.55. The molecule has 128 valence electrons. The Morgan fingerprint density at radius 2 is 1.84 bits per heavy atom. The summed E-state index contributed by atoms with van der Waals surface area (Å²) in [6.07, 6.45) is 0. The van der Waals surface area contributed by atoms with E-state index in [0.29, 0.717) is 23.3 Å². The van der Waals surface area contributed by atoms with Crippen molar-refractivity contribution in [3.63, 3.8) is 0 Å². The van der Waals surface area contributed by atoms with Gasteiger partial charge in [-0.2, -0.15) is 0 Å². The van der Waals surface area contributed by atoms with Gasteiger partial charge in [-0.25, -0.2) is 0 Å². The number of amides is 1. The van der Waals surface area contributed by atoms with Gasteiger partial charge in [-0.15, -0.1) is 0 Å². The molecule has 1 aromatic heterocycles. The third-order valence-corrected chi connectivity index (χ3v) is 3.81. The highest BCUT2D eigenvalue weighted by atomic mass is 16.5. The van der Waals surface area contributed by atoms with E-state index in [0.717, 1.165) is 16.9 Å². The molecule has 0 saturated carbocycles. The van der Waals surface area contributed by atoms with E-state index in [2.05, 4.69) is 5.32 Å². The molecule has 0 aliphatic heterocycles. The Balaban J connectivity index is 1.90. The first-order chi connectivity index (χ1) is 12.0. The minimum absolute atomic E-state index is 0.0154. The van der Waals surface area contributed by atoms with Crippen LogP contribution in [0.15, 0.2) is 51.7 Å². The minimum Gasteiger partial charge on any atom is -0.494 e. The SMILES string of the molecule is CCOc1ccc(NC(=O)c2cc(=O)c3cc(C)cc(C)c3o2)cc1. The van der Waals surface area contributed by atoms with E-state index in [1.165, 1.54) is 6.07 Å². The Morgan fingerprint density at radius 1 is 1.12 bits per heavy atom. The summed E-state index contributed by atoms with van der Waals surface area (Å²) >= 11 is 0. The Morgan fingerprint density at radius 3 is 2.52 bits per heavy atom. The number of carbonyl (C=O) groups excluding carboxylic acids is 1. The molecule has 3 aromatic rings. The van der Waals surface area contributed by atoms with Crippen molar-refractivity contribution in [3.8, 4) is 5.75 Å². The van der Waals surface area contributed by atoms with Crippen molar-refractivity contribution in [2.45, 2.75) is 20.8 Å². The maximum absolute atomic E-state index is 12.4. The first kappa shape index (κ1) is 16.8. The van der Waals surface area contributed by atoms with Crippen LogP contribution in [0, 0.1) is 13.8 Å². The van der Waals surface area contributed by atoms with Gasteiger partial charge in [-0.1, -0.05) is 6.07 Å². The number of nitrogens with one attached hydrogen (secondary N) is 1. The Bertz CT molecular complexity index is 987. The fourth-order valence-electron chi connectivity index (χ4n) is 2.71. The lowest BCUT2D eigenvalue weighted by atomic mass is 10.1. The second-order valence-electron chi connectivity index (χ2n) is 5.84. The second kappa shape index (κ2) is 6.81. The molecular weight excluding hydrogens is 318 g/mol. The molecule has 0 aliphatic rings. The number of aryl methyl sites for hydroxylation is 2. The molecule has 0 bridgehead atoms. The zero-order valence-electron chi connectivity index (χ0n) is 14.4. The van der Waals surface area contributed by atoms with Crippen LogP contribution in [0.4, 0.5) is 5.69 Å². The smallest absolute Gasteiger partial charge is 0.291 e. The van der Waals surface area contributed by atoms with Gasteiger partial charge in [-0.3, -0.25) is 9.59 Å². The quantitative estimate of drug-likeness (QED) is 0.779. The summed E-state index contributed by atoms with van der Waals surface area (Å²) in [5.74, 6) is 0.241. The van der Waals surface area contributed by atoms with Gasteiger partial charge in [0, 0.05) is 11.8 Å². The monoisotopic (exact) mass is 337 g/mol. The summed E-state index contributed by atoms with van der Waals surface area (Å²) in [6.45, 7) is 6.25. The number of ether oxygens (including phenoxy) is 1. The van der Waals surface area contributed by atoms with Crippen molar-refractivity contribution in [2.24, 2.45) is 0 Å². The van der Waals surface area contributed by atoms with Gasteiger partial charge in [0.15, 0.2) is 11.2 Å². The van der Waals surface area contributed by atoms with E-state index in [1.54, 1.807) is 30.3 Å². The van der Waals surface area contributed by atoms with E-state index in [-0.39, 0.29) is 11.2 Å². The number of rotatable bonds is 4. The summed E-state index contributed by atoms with van der Waals surface area (Å²) in [5.41, 5.74) is 2.60. The number of hydrogen-bond donors (Lipinski definition) is 1. The molecule has 1 N–H and O–H groups in total. The molecule has 0 aliphatic carbocycles. The van der Waals surface area contributed by atoms with E-state index in [1.807, 2.05) is 26.8 Å². The van der Waals surface area contributed by atoms with Gasteiger partial charge in [0.25, 0.3) is 5.91 Å². The van der Waals surface area contributed by atoms with Crippen molar-refractivity contribution < 1.29 is 13.9 Å². The number of anilines is 1. The van der Waals surface area contributed by atoms with Crippen molar-refractivity contribution in [1.82, 2.24) is 0 Å². The number of carbonyl (C=O) groups is 1. The normalized spacial score (nSPS) is 10.7.